The highest BCUT2D eigenvalue weighted by molar-refractivity contribution is 4.76. The number of hydrogen-bond acceptors (Lipinski definition) is 2. The molecule has 0 saturated heterocycles. The van der Waals surface area contributed by atoms with Gasteiger partial charge in [-0.2, -0.15) is 5.26 Å². The molecule has 0 rings (SSSR count). The molecular formula is C10H18N2. The van der Waals surface area contributed by atoms with E-state index in [9.17, 15) is 0 Å². The Balaban J connectivity index is 3.71. The van der Waals surface area contributed by atoms with Crippen molar-refractivity contribution in [2.75, 3.05) is 13.1 Å². The van der Waals surface area contributed by atoms with Gasteiger partial charge in [0.2, 0.25) is 0 Å². The van der Waals surface area contributed by atoms with Gasteiger partial charge in [0.15, 0.2) is 0 Å². The highest BCUT2D eigenvalue weighted by Gasteiger charge is 2.06. The van der Waals surface area contributed by atoms with Gasteiger partial charge in [-0.05, 0) is 20.3 Å². The molecule has 0 spiro atoms. The molecule has 0 amide bonds. The summed E-state index contributed by atoms with van der Waals surface area (Å²) >= 11 is 0. The predicted molar refractivity (Wildman–Crippen MR) is 51.8 cm³/mol. The summed E-state index contributed by atoms with van der Waals surface area (Å²) in [5, 5.41) is 8.43. The van der Waals surface area contributed by atoms with Gasteiger partial charge in [-0.25, -0.2) is 0 Å². The molecule has 0 aromatic heterocycles. The van der Waals surface area contributed by atoms with E-state index in [4.69, 9.17) is 5.26 Å². The van der Waals surface area contributed by atoms with Crippen LogP contribution in [0.2, 0.25) is 0 Å². The lowest BCUT2D eigenvalue weighted by molar-refractivity contribution is 0.231. The third kappa shape index (κ3) is 4.92. The van der Waals surface area contributed by atoms with E-state index >= 15 is 0 Å². The van der Waals surface area contributed by atoms with Gasteiger partial charge in [-0.15, -0.1) is 6.58 Å². The standard InChI is InChI=1S/C10H18N2/c1-4-5-8-12(10(2)3)9-6-7-11/h4,10H,1,5-6,8-9H2,2-3H3. The van der Waals surface area contributed by atoms with E-state index in [1.165, 1.54) is 0 Å². The first-order valence-electron chi connectivity index (χ1n) is 4.44. The van der Waals surface area contributed by atoms with Gasteiger partial charge >= 0.3 is 0 Å². The zero-order chi connectivity index (χ0) is 9.40. The lowest BCUT2D eigenvalue weighted by Crippen LogP contribution is -2.32. The highest BCUT2D eigenvalue weighted by atomic mass is 15.1. The van der Waals surface area contributed by atoms with Crippen LogP contribution in [0.15, 0.2) is 12.7 Å². The average Bonchev–Trinajstić information content (AvgIpc) is 2.04. The molecule has 0 aliphatic heterocycles. The minimum Gasteiger partial charge on any atom is -0.300 e. The quantitative estimate of drug-likeness (QED) is 0.565. The second kappa shape index (κ2) is 6.87. The van der Waals surface area contributed by atoms with Crippen LogP contribution < -0.4 is 0 Å². The first kappa shape index (κ1) is 11.2. The molecule has 2 nitrogen and oxygen atoms in total. The van der Waals surface area contributed by atoms with E-state index in [1.54, 1.807) is 0 Å². The zero-order valence-corrected chi connectivity index (χ0v) is 8.08. The second-order valence-corrected chi connectivity index (χ2v) is 3.12. The largest absolute Gasteiger partial charge is 0.300 e. The molecule has 0 saturated carbocycles. The number of nitriles is 1. The fourth-order valence-corrected chi connectivity index (χ4v) is 1.08. The SMILES string of the molecule is C=CCCN(CCC#N)C(C)C. The molecule has 0 aliphatic rings. The molecule has 0 aliphatic carbocycles. The molecule has 0 aromatic carbocycles. The number of rotatable bonds is 6. The van der Waals surface area contributed by atoms with Crippen molar-refractivity contribution in [3.05, 3.63) is 12.7 Å². The normalized spacial score (nSPS) is 10.2. The fourth-order valence-electron chi connectivity index (χ4n) is 1.08. The highest BCUT2D eigenvalue weighted by Crippen LogP contribution is 2.00. The average molecular weight is 166 g/mol. The summed E-state index contributed by atoms with van der Waals surface area (Å²) in [5.41, 5.74) is 0. The van der Waals surface area contributed by atoms with Crippen LogP contribution in [0.1, 0.15) is 26.7 Å². The third-order valence-corrected chi connectivity index (χ3v) is 1.86. The van der Waals surface area contributed by atoms with Gasteiger partial charge in [-0.1, -0.05) is 6.08 Å². The molecular weight excluding hydrogens is 148 g/mol. The number of nitrogens with zero attached hydrogens (tertiary/aromatic N) is 2. The Bertz CT molecular complexity index is 156. The molecule has 2 heteroatoms. The summed E-state index contributed by atoms with van der Waals surface area (Å²) in [5.74, 6) is 0. The topological polar surface area (TPSA) is 27.0 Å². The van der Waals surface area contributed by atoms with Crippen molar-refractivity contribution in [1.29, 1.82) is 5.26 Å². The van der Waals surface area contributed by atoms with E-state index < -0.39 is 0 Å². The van der Waals surface area contributed by atoms with Gasteiger partial charge in [0, 0.05) is 25.6 Å². The zero-order valence-electron chi connectivity index (χ0n) is 8.08. The van der Waals surface area contributed by atoms with Crippen molar-refractivity contribution in [3.8, 4) is 6.07 Å². The predicted octanol–water partition coefficient (Wildman–Crippen LogP) is 2.19. The van der Waals surface area contributed by atoms with Gasteiger partial charge in [-0.3, -0.25) is 4.90 Å². The maximum absolute atomic E-state index is 8.43. The van der Waals surface area contributed by atoms with E-state index in [0.29, 0.717) is 12.5 Å². The van der Waals surface area contributed by atoms with E-state index in [1.807, 2.05) is 6.08 Å². The Morgan fingerprint density at radius 3 is 2.58 bits per heavy atom. The smallest absolute Gasteiger partial charge is 0.0635 e. The Labute approximate surface area is 75.5 Å². The van der Waals surface area contributed by atoms with Crippen LogP contribution in [-0.2, 0) is 0 Å². The maximum Gasteiger partial charge on any atom is 0.0635 e. The third-order valence-electron chi connectivity index (χ3n) is 1.86. The van der Waals surface area contributed by atoms with E-state index in [2.05, 4.69) is 31.4 Å². The summed E-state index contributed by atoms with van der Waals surface area (Å²) in [4.78, 5) is 2.30. The van der Waals surface area contributed by atoms with Gasteiger partial charge < -0.3 is 0 Å². The van der Waals surface area contributed by atoms with Crippen LogP contribution in [0.5, 0.6) is 0 Å². The van der Waals surface area contributed by atoms with Crippen molar-refractivity contribution in [2.24, 2.45) is 0 Å². The van der Waals surface area contributed by atoms with Crippen molar-refractivity contribution >= 4 is 0 Å². The molecule has 0 N–H and O–H groups in total. The lowest BCUT2D eigenvalue weighted by Gasteiger charge is -2.24. The summed E-state index contributed by atoms with van der Waals surface area (Å²) in [7, 11) is 0. The van der Waals surface area contributed by atoms with Crippen LogP contribution in [0.4, 0.5) is 0 Å². The van der Waals surface area contributed by atoms with Crippen molar-refractivity contribution < 1.29 is 0 Å². The maximum atomic E-state index is 8.43. The minimum absolute atomic E-state index is 0.526. The molecule has 0 radical (unpaired) electrons. The number of hydrogen-bond donors (Lipinski definition) is 0. The Kier molecular flexibility index (Phi) is 6.41. The summed E-state index contributed by atoms with van der Waals surface area (Å²) < 4.78 is 0. The fraction of sp³-hybridized carbons (Fsp3) is 0.700. The van der Waals surface area contributed by atoms with Crippen LogP contribution in [-0.4, -0.2) is 24.0 Å². The lowest BCUT2D eigenvalue weighted by atomic mass is 10.2. The Morgan fingerprint density at radius 2 is 2.17 bits per heavy atom. The second-order valence-electron chi connectivity index (χ2n) is 3.12. The molecule has 0 atom stereocenters. The van der Waals surface area contributed by atoms with E-state index in [-0.39, 0.29) is 0 Å². The van der Waals surface area contributed by atoms with Crippen LogP contribution in [0.3, 0.4) is 0 Å². The molecule has 0 heterocycles. The van der Waals surface area contributed by atoms with Crippen LogP contribution in [0, 0.1) is 11.3 Å². The van der Waals surface area contributed by atoms with Crippen molar-refractivity contribution in [2.45, 2.75) is 32.7 Å². The Hall–Kier alpha value is -0.810. The van der Waals surface area contributed by atoms with Crippen LogP contribution >= 0.6 is 0 Å². The molecule has 0 unspecified atom stereocenters. The monoisotopic (exact) mass is 166 g/mol. The van der Waals surface area contributed by atoms with Gasteiger partial charge in [0.25, 0.3) is 0 Å². The summed E-state index contributed by atoms with van der Waals surface area (Å²) in [6.07, 6.45) is 3.54. The summed E-state index contributed by atoms with van der Waals surface area (Å²) in [6.45, 7) is 9.88. The first-order valence-corrected chi connectivity index (χ1v) is 4.44. The molecule has 68 valence electrons. The first-order chi connectivity index (χ1) is 5.72. The Morgan fingerprint density at radius 1 is 1.50 bits per heavy atom. The molecule has 0 bridgehead atoms. The molecule has 0 fully saturated rings. The molecule has 0 aromatic rings. The van der Waals surface area contributed by atoms with Crippen molar-refractivity contribution in [1.82, 2.24) is 4.90 Å². The van der Waals surface area contributed by atoms with Crippen molar-refractivity contribution in [3.63, 3.8) is 0 Å². The molecule has 12 heavy (non-hydrogen) atoms. The van der Waals surface area contributed by atoms with Gasteiger partial charge in [0.1, 0.15) is 0 Å². The van der Waals surface area contributed by atoms with Crippen LogP contribution in [0.25, 0.3) is 0 Å². The van der Waals surface area contributed by atoms with Gasteiger partial charge in [0.05, 0.1) is 6.07 Å². The minimum atomic E-state index is 0.526. The van der Waals surface area contributed by atoms with E-state index in [0.717, 1.165) is 19.5 Å². The summed E-state index contributed by atoms with van der Waals surface area (Å²) in [6, 6.07) is 2.69.